The summed E-state index contributed by atoms with van der Waals surface area (Å²) >= 11 is 2.63. The Kier molecular flexibility index (Phi) is 9.52. The van der Waals surface area contributed by atoms with Gasteiger partial charge >= 0.3 is 11.9 Å². The molecule has 0 aliphatic rings. The number of carboxylic acids is 2. The van der Waals surface area contributed by atoms with Crippen molar-refractivity contribution in [2.45, 2.75) is 12.8 Å². The zero-order valence-electron chi connectivity index (χ0n) is 17.0. The van der Waals surface area contributed by atoms with Gasteiger partial charge in [0.1, 0.15) is 12.8 Å². The van der Waals surface area contributed by atoms with Crippen LogP contribution < -0.4 is 10.6 Å². The Balaban J connectivity index is 0.000000227. The maximum atomic E-state index is 11.2. The van der Waals surface area contributed by atoms with E-state index in [1.807, 2.05) is 48.5 Å². The van der Waals surface area contributed by atoms with Crippen molar-refractivity contribution < 1.29 is 48.9 Å². The van der Waals surface area contributed by atoms with Crippen molar-refractivity contribution in [2.24, 2.45) is 0 Å². The number of hydrogen-bond acceptors (Lipinski definition) is 8. The molecule has 4 N–H and O–H groups in total. The number of para-hydroxylation sites is 2. The van der Waals surface area contributed by atoms with E-state index < -0.39 is 36.6 Å². The first kappa shape index (κ1) is 26.0. The molecule has 0 saturated heterocycles. The summed E-state index contributed by atoms with van der Waals surface area (Å²) in [5.41, 5.74) is 1.58. The van der Waals surface area contributed by atoms with E-state index in [-0.39, 0.29) is 19.5 Å². The minimum absolute atomic E-state index is 0. The van der Waals surface area contributed by atoms with E-state index in [0.29, 0.717) is 10.3 Å². The number of thiazole rings is 2. The Labute approximate surface area is 207 Å². The molecule has 13 heteroatoms. The average molecular weight is 538 g/mol. The number of carbonyl (C=O) groups excluding carboxylic acids is 2. The molecule has 0 atom stereocenters. The first-order chi connectivity index (χ1) is 15.3. The Morgan fingerprint density at radius 1 is 0.697 bits per heavy atom. The van der Waals surface area contributed by atoms with Crippen molar-refractivity contribution in [2.75, 3.05) is 10.6 Å². The van der Waals surface area contributed by atoms with E-state index in [2.05, 4.69) is 20.6 Å². The van der Waals surface area contributed by atoms with Crippen LogP contribution >= 0.6 is 22.7 Å². The molecule has 0 radical (unpaired) electrons. The molecule has 4 rings (SSSR count). The second-order valence-electron chi connectivity index (χ2n) is 6.21. The topological polar surface area (TPSA) is 159 Å². The first-order valence-electron chi connectivity index (χ1n) is 9.04. The summed E-state index contributed by atoms with van der Waals surface area (Å²) in [6.45, 7) is 0. The number of fused-ring (bicyclic) bond motifs is 2. The van der Waals surface area contributed by atoms with Crippen LogP contribution in [0.15, 0.2) is 48.5 Å². The average Bonchev–Trinajstić information content (AvgIpc) is 3.29. The fraction of sp³-hybridized carbons (Fsp3) is 0.100. The van der Waals surface area contributed by atoms with Gasteiger partial charge in [0.15, 0.2) is 10.3 Å². The second-order valence-corrected chi connectivity index (χ2v) is 8.27. The third-order valence-corrected chi connectivity index (χ3v) is 5.61. The first-order valence-corrected chi connectivity index (χ1v) is 10.7. The number of aliphatic carboxylic acids is 2. The molecule has 166 valence electrons. The summed E-state index contributed by atoms with van der Waals surface area (Å²) in [5, 5.41) is 22.6. The number of benzene rings is 2. The van der Waals surface area contributed by atoms with Crippen molar-refractivity contribution in [1.29, 1.82) is 0 Å². The van der Waals surface area contributed by atoms with Crippen molar-refractivity contribution in [3.63, 3.8) is 0 Å². The largest absolute Gasteiger partial charge is 0.481 e. The molecule has 0 aliphatic carbocycles. The molecule has 2 aromatic heterocycles. The Bertz CT molecular complexity index is 1140. The van der Waals surface area contributed by atoms with Gasteiger partial charge in [-0.1, -0.05) is 46.9 Å². The molecule has 2 heterocycles. The van der Waals surface area contributed by atoms with E-state index >= 15 is 0 Å². The zero-order valence-corrected chi connectivity index (χ0v) is 21.6. The number of hydrogen-bond donors (Lipinski definition) is 4. The minimum Gasteiger partial charge on any atom is -0.481 e. The molecule has 0 fully saturated rings. The van der Waals surface area contributed by atoms with Gasteiger partial charge in [0, 0.05) is 19.5 Å². The van der Waals surface area contributed by atoms with Crippen LogP contribution in [0, 0.1) is 0 Å². The Hall–Kier alpha value is -3.28. The normalized spacial score (nSPS) is 9.94. The molecule has 2 aromatic carbocycles. The number of anilines is 2. The fourth-order valence-corrected chi connectivity index (χ4v) is 4.22. The van der Waals surface area contributed by atoms with Gasteiger partial charge in [-0.05, 0) is 24.3 Å². The van der Waals surface area contributed by atoms with Crippen LogP contribution in [0.4, 0.5) is 10.3 Å². The monoisotopic (exact) mass is 536 g/mol. The van der Waals surface area contributed by atoms with Gasteiger partial charge < -0.3 is 20.8 Å². The molecule has 33 heavy (non-hydrogen) atoms. The number of aromatic nitrogens is 2. The van der Waals surface area contributed by atoms with Crippen molar-refractivity contribution in [3.8, 4) is 0 Å². The fourth-order valence-electron chi connectivity index (χ4n) is 2.45. The number of amides is 2. The Morgan fingerprint density at radius 2 is 1.06 bits per heavy atom. The van der Waals surface area contributed by atoms with Crippen LogP contribution in [0.3, 0.4) is 0 Å². The van der Waals surface area contributed by atoms with Crippen LogP contribution in [-0.4, -0.2) is 43.9 Å². The summed E-state index contributed by atoms with van der Waals surface area (Å²) in [4.78, 5) is 51.2. The molecule has 4 aromatic rings. The summed E-state index contributed by atoms with van der Waals surface area (Å²) in [7, 11) is 0. The predicted molar refractivity (Wildman–Crippen MR) is 121 cm³/mol. The predicted octanol–water partition coefficient (Wildman–Crippen LogP) is 3.42. The molecular formula is C20H16N4O6S2Zn. The summed E-state index contributed by atoms with van der Waals surface area (Å²) in [5.74, 6) is -3.43. The maximum absolute atomic E-state index is 11.2. The van der Waals surface area contributed by atoms with Crippen LogP contribution in [0.2, 0.25) is 0 Å². The standard InChI is InChI=1S/2C10H8N2O3S.Zn/c2*13-8(5-9(14)15)12-10-11-6-3-1-2-4-7(6)16-10;/h2*1-4H,5H2,(H,14,15)(H,11,12,13);. The molecule has 2 amide bonds. The van der Waals surface area contributed by atoms with Crippen LogP contribution in [0.1, 0.15) is 12.8 Å². The summed E-state index contributed by atoms with van der Waals surface area (Å²) in [6.07, 6.45) is -1.09. The molecule has 0 bridgehead atoms. The number of nitrogens with one attached hydrogen (secondary N) is 2. The second kappa shape index (κ2) is 12.1. The van der Waals surface area contributed by atoms with E-state index in [1.54, 1.807) is 0 Å². The summed E-state index contributed by atoms with van der Waals surface area (Å²) < 4.78 is 1.90. The smallest absolute Gasteiger partial charge is 0.312 e. The van der Waals surface area contributed by atoms with Crippen molar-refractivity contribution >= 4 is 77.1 Å². The number of carboxylic acid groups (broad SMARTS) is 2. The molecule has 0 spiro atoms. The van der Waals surface area contributed by atoms with Crippen LogP contribution in [-0.2, 0) is 38.7 Å². The van der Waals surface area contributed by atoms with Gasteiger partial charge in [-0.15, -0.1) is 0 Å². The minimum atomic E-state index is -1.15. The third kappa shape index (κ3) is 7.97. The SMILES string of the molecule is O=C(O)CC(=O)Nc1nc2ccccc2s1.O=C(O)CC(=O)Nc1nc2ccccc2s1.[Zn]. The number of rotatable bonds is 6. The molecule has 0 unspecified atom stereocenters. The van der Waals surface area contributed by atoms with E-state index in [1.165, 1.54) is 22.7 Å². The van der Waals surface area contributed by atoms with Gasteiger partial charge in [-0.25, -0.2) is 9.97 Å². The van der Waals surface area contributed by atoms with E-state index in [0.717, 1.165) is 20.4 Å². The van der Waals surface area contributed by atoms with E-state index in [9.17, 15) is 19.2 Å². The number of carbonyl (C=O) groups is 4. The van der Waals surface area contributed by atoms with Gasteiger partial charge in [-0.3, -0.25) is 19.2 Å². The van der Waals surface area contributed by atoms with Gasteiger partial charge in [0.05, 0.1) is 20.4 Å². The molecule has 0 aliphatic heterocycles. The van der Waals surface area contributed by atoms with Crippen molar-refractivity contribution in [1.82, 2.24) is 9.97 Å². The van der Waals surface area contributed by atoms with Crippen molar-refractivity contribution in [3.05, 3.63) is 48.5 Å². The molecule has 10 nitrogen and oxygen atoms in total. The molecular weight excluding hydrogens is 522 g/mol. The molecule has 0 saturated carbocycles. The quantitative estimate of drug-likeness (QED) is 0.215. The van der Waals surface area contributed by atoms with Crippen LogP contribution in [0.5, 0.6) is 0 Å². The Morgan fingerprint density at radius 3 is 1.39 bits per heavy atom. The van der Waals surface area contributed by atoms with Crippen LogP contribution in [0.25, 0.3) is 20.4 Å². The maximum Gasteiger partial charge on any atom is 0.312 e. The van der Waals surface area contributed by atoms with E-state index in [4.69, 9.17) is 10.2 Å². The number of nitrogens with zero attached hydrogens (tertiary/aromatic N) is 2. The summed E-state index contributed by atoms with van der Waals surface area (Å²) in [6, 6.07) is 14.9. The van der Waals surface area contributed by atoms with Gasteiger partial charge in [0.25, 0.3) is 0 Å². The zero-order chi connectivity index (χ0) is 23.1. The third-order valence-electron chi connectivity index (χ3n) is 3.70. The van der Waals surface area contributed by atoms with Gasteiger partial charge in [0.2, 0.25) is 11.8 Å². The van der Waals surface area contributed by atoms with Gasteiger partial charge in [-0.2, -0.15) is 0 Å².